The van der Waals surface area contributed by atoms with Crippen LogP contribution in [0.5, 0.6) is 0 Å². The van der Waals surface area contributed by atoms with Gasteiger partial charge in [0.1, 0.15) is 5.78 Å². The van der Waals surface area contributed by atoms with Crippen molar-refractivity contribution in [2.24, 2.45) is 5.92 Å². The highest BCUT2D eigenvalue weighted by molar-refractivity contribution is 5.83. The highest BCUT2D eigenvalue weighted by Crippen LogP contribution is 2.21. The number of hydrogen-bond donors (Lipinski definition) is 2. The summed E-state index contributed by atoms with van der Waals surface area (Å²) >= 11 is 0. The Labute approximate surface area is 108 Å². The SMILES string of the molecule is CC(NCC1CCCC1=O)C(O)c1ccccc1. The first kappa shape index (κ1) is 13.2. The molecule has 0 amide bonds. The van der Waals surface area contributed by atoms with Crippen LogP contribution in [0.3, 0.4) is 0 Å². The number of benzene rings is 1. The van der Waals surface area contributed by atoms with Crippen LogP contribution in [0.1, 0.15) is 37.9 Å². The summed E-state index contributed by atoms with van der Waals surface area (Å²) in [4.78, 5) is 11.5. The standard InChI is InChI=1S/C15H21NO2/c1-11(15(18)12-6-3-2-4-7-12)16-10-13-8-5-9-14(13)17/h2-4,6-7,11,13,15-16,18H,5,8-10H2,1H3. The quantitative estimate of drug-likeness (QED) is 0.837. The second-order valence-corrected chi connectivity index (χ2v) is 5.11. The average molecular weight is 247 g/mol. The molecule has 0 radical (unpaired) electrons. The van der Waals surface area contributed by atoms with Crippen LogP contribution >= 0.6 is 0 Å². The minimum absolute atomic E-state index is 0.0409. The summed E-state index contributed by atoms with van der Waals surface area (Å²) in [5.74, 6) is 0.513. The van der Waals surface area contributed by atoms with E-state index in [0.29, 0.717) is 12.3 Å². The lowest BCUT2D eigenvalue weighted by atomic mass is 10.0. The van der Waals surface area contributed by atoms with Crippen molar-refractivity contribution in [3.05, 3.63) is 35.9 Å². The van der Waals surface area contributed by atoms with Crippen LogP contribution in [0.25, 0.3) is 0 Å². The molecule has 1 aliphatic rings. The summed E-state index contributed by atoms with van der Waals surface area (Å²) in [6, 6.07) is 9.58. The predicted molar refractivity (Wildman–Crippen MR) is 71.2 cm³/mol. The second kappa shape index (κ2) is 6.12. The fourth-order valence-corrected chi connectivity index (χ4v) is 2.48. The first-order valence-electron chi connectivity index (χ1n) is 6.67. The molecule has 0 saturated heterocycles. The van der Waals surface area contributed by atoms with Crippen molar-refractivity contribution in [2.45, 2.75) is 38.3 Å². The van der Waals surface area contributed by atoms with Crippen LogP contribution < -0.4 is 5.32 Å². The van der Waals surface area contributed by atoms with Gasteiger partial charge in [-0.05, 0) is 25.3 Å². The van der Waals surface area contributed by atoms with E-state index in [1.165, 1.54) is 0 Å². The van der Waals surface area contributed by atoms with Crippen LogP contribution in [0.4, 0.5) is 0 Å². The molecular formula is C15H21NO2. The summed E-state index contributed by atoms with van der Waals surface area (Å²) < 4.78 is 0. The number of hydrogen-bond acceptors (Lipinski definition) is 3. The molecule has 0 spiro atoms. The summed E-state index contributed by atoms with van der Waals surface area (Å²) in [6.07, 6.45) is 2.20. The number of aliphatic hydroxyl groups is 1. The largest absolute Gasteiger partial charge is 0.387 e. The van der Waals surface area contributed by atoms with E-state index < -0.39 is 6.10 Å². The van der Waals surface area contributed by atoms with E-state index in [9.17, 15) is 9.90 Å². The van der Waals surface area contributed by atoms with Gasteiger partial charge in [-0.3, -0.25) is 4.79 Å². The lowest BCUT2D eigenvalue weighted by molar-refractivity contribution is -0.120. The minimum atomic E-state index is -0.525. The molecule has 0 bridgehead atoms. The number of aliphatic hydroxyl groups excluding tert-OH is 1. The zero-order valence-electron chi connectivity index (χ0n) is 10.8. The van der Waals surface area contributed by atoms with Gasteiger partial charge < -0.3 is 10.4 Å². The Kier molecular flexibility index (Phi) is 4.50. The van der Waals surface area contributed by atoms with Gasteiger partial charge in [-0.2, -0.15) is 0 Å². The highest BCUT2D eigenvalue weighted by Gasteiger charge is 2.25. The van der Waals surface area contributed by atoms with Gasteiger partial charge in [0.15, 0.2) is 0 Å². The molecule has 3 unspecified atom stereocenters. The van der Waals surface area contributed by atoms with Crippen molar-refractivity contribution in [2.75, 3.05) is 6.54 Å². The molecule has 1 saturated carbocycles. The third-order valence-corrected chi connectivity index (χ3v) is 3.73. The molecule has 2 rings (SSSR count). The van der Waals surface area contributed by atoms with Gasteiger partial charge in [0, 0.05) is 24.9 Å². The van der Waals surface area contributed by atoms with E-state index in [1.54, 1.807) is 0 Å². The highest BCUT2D eigenvalue weighted by atomic mass is 16.3. The number of ketones is 1. The monoisotopic (exact) mass is 247 g/mol. The molecule has 98 valence electrons. The zero-order valence-corrected chi connectivity index (χ0v) is 10.8. The Hall–Kier alpha value is -1.19. The maximum Gasteiger partial charge on any atom is 0.137 e. The molecule has 0 aromatic heterocycles. The Morgan fingerprint density at radius 3 is 2.72 bits per heavy atom. The van der Waals surface area contributed by atoms with Gasteiger partial charge in [-0.25, -0.2) is 0 Å². The number of carbonyl (C=O) groups excluding carboxylic acids is 1. The minimum Gasteiger partial charge on any atom is -0.387 e. The van der Waals surface area contributed by atoms with Gasteiger partial charge in [0.05, 0.1) is 6.10 Å². The fourth-order valence-electron chi connectivity index (χ4n) is 2.48. The van der Waals surface area contributed by atoms with E-state index in [1.807, 2.05) is 37.3 Å². The van der Waals surface area contributed by atoms with Gasteiger partial charge in [0.25, 0.3) is 0 Å². The molecule has 3 atom stereocenters. The molecule has 1 fully saturated rings. The summed E-state index contributed by atoms with van der Waals surface area (Å²) in [5.41, 5.74) is 0.912. The second-order valence-electron chi connectivity index (χ2n) is 5.11. The topological polar surface area (TPSA) is 49.3 Å². The maximum absolute atomic E-state index is 11.5. The number of nitrogens with one attached hydrogen (secondary N) is 1. The van der Waals surface area contributed by atoms with Crippen molar-refractivity contribution >= 4 is 5.78 Å². The number of rotatable bonds is 5. The molecule has 0 aliphatic heterocycles. The smallest absolute Gasteiger partial charge is 0.137 e. The van der Waals surface area contributed by atoms with Crippen molar-refractivity contribution in [3.63, 3.8) is 0 Å². The van der Waals surface area contributed by atoms with Crippen molar-refractivity contribution in [1.29, 1.82) is 0 Å². The molecular weight excluding hydrogens is 226 g/mol. The van der Waals surface area contributed by atoms with Gasteiger partial charge >= 0.3 is 0 Å². The molecule has 18 heavy (non-hydrogen) atoms. The first-order chi connectivity index (χ1) is 8.68. The number of Topliss-reactive ketones (excluding diaryl/α,β-unsaturated/α-hetero) is 1. The van der Waals surface area contributed by atoms with Crippen LogP contribution in [0.15, 0.2) is 30.3 Å². The van der Waals surface area contributed by atoms with Gasteiger partial charge in [-0.15, -0.1) is 0 Å². The molecule has 3 nitrogen and oxygen atoms in total. The lowest BCUT2D eigenvalue weighted by Gasteiger charge is -2.22. The summed E-state index contributed by atoms with van der Waals surface area (Å²) in [7, 11) is 0. The maximum atomic E-state index is 11.5. The third kappa shape index (κ3) is 3.18. The summed E-state index contributed by atoms with van der Waals surface area (Å²) in [6.45, 7) is 2.64. The van der Waals surface area contributed by atoms with Gasteiger partial charge in [0.2, 0.25) is 0 Å². The van der Waals surface area contributed by atoms with E-state index in [4.69, 9.17) is 0 Å². The predicted octanol–water partition coefficient (Wildman–Crippen LogP) is 2.07. The Balaban J connectivity index is 1.84. The summed E-state index contributed by atoms with van der Waals surface area (Å²) in [5, 5.41) is 13.5. The molecule has 2 N–H and O–H groups in total. The third-order valence-electron chi connectivity index (χ3n) is 3.73. The van der Waals surface area contributed by atoms with Crippen molar-refractivity contribution in [1.82, 2.24) is 5.32 Å². The van der Waals surface area contributed by atoms with Crippen molar-refractivity contribution < 1.29 is 9.90 Å². The average Bonchev–Trinajstić information content (AvgIpc) is 2.81. The normalized spacial score (nSPS) is 23.0. The van der Waals surface area contributed by atoms with E-state index in [2.05, 4.69) is 5.32 Å². The molecule has 3 heteroatoms. The van der Waals surface area contributed by atoms with E-state index in [-0.39, 0.29) is 12.0 Å². The van der Waals surface area contributed by atoms with E-state index >= 15 is 0 Å². The van der Waals surface area contributed by atoms with Gasteiger partial charge in [-0.1, -0.05) is 30.3 Å². The Morgan fingerprint density at radius 1 is 1.39 bits per heavy atom. The molecule has 1 aliphatic carbocycles. The van der Waals surface area contributed by atoms with E-state index in [0.717, 1.165) is 24.8 Å². The lowest BCUT2D eigenvalue weighted by Crippen LogP contribution is -2.36. The fraction of sp³-hybridized carbons (Fsp3) is 0.533. The number of carbonyl (C=O) groups is 1. The van der Waals surface area contributed by atoms with Crippen LogP contribution in [0.2, 0.25) is 0 Å². The van der Waals surface area contributed by atoms with Crippen LogP contribution in [0, 0.1) is 5.92 Å². The molecule has 1 aromatic carbocycles. The Morgan fingerprint density at radius 2 is 2.11 bits per heavy atom. The Bertz CT molecular complexity index is 391. The van der Waals surface area contributed by atoms with Crippen LogP contribution in [-0.4, -0.2) is 23.5 Å². The molecule has 1 aromatic rings. The zero-order chi connectivity index (χ0) is 13.0. The van der Waals surface area contributed by atoms with Crippen LogP contribution in [-0.2, 0) is 4.79 Å². The molecule has 0 heterocycles. The first-order valence-corrected chi connectivity index (χ1v) is 6.67. The van der Waals surface area contributed by atoms with Crippen molar-refractivity contribution in [3.8, 4) is 0 Å².